The molecule has 0 aromatic heterocycles. The topological polar surface area (TPSA) is 98.7 Å². The van der Waals surface area contributed by atoms with Gasteiger partial charge in [0.05, 0.1) is 6.16 Å². The molecule has 0 heterocycles. The monoisotopic (exact) mass is 374 g/mol. The molecule has 6 nitrogen and oxygen atoms in total. The van der Waals surface area contributed by atoms with Gasteiger partial charge in [0.25, 0.3) is 0 Å². The lowest BCUT2D eigenvalue weighted by atomic mass is 10.2. The van der Waals surface area contributed by atoms with Crippen molar-refractivity contribution in [2.24, 2.45) is 0 Å². The molecule has 0 aliphatic heterocycles. The number of rotatable bonds is 4. The quantitative estimate of drug-likeness (QED) is 0.599. The van der Waals surface area contributed by atoms with E-state index in [0.717, 1.165) is 0 Å². The fourth-order valence-corrected chi connectivity index (χ4v) is 2.88. The summed E-state index contributed by atoms with van der Waals surface area (Å²) < 4.78 is 11.2. The summed E-state index contributed by atoms with van der Waals surface area (Å²) in [6.07, 6.45) is -0.524. The molecule has 9 heteroatoms. The third-order valence-electron chi connectivity index (χ3n) is 2.79. The number of urea groups is 1. The van der Waals surface area contributed by atoms with Crippen LogP contribution in [0.2, 0.25) is 10.0 Å². The Kier molecular flexibility index (Phi) is 5.68. The number of anilines is 2. The highest BCUT2D eigenvalue weighted by molar-refractivity contribution is 7.50. The van der Waals surface area contributed by atoms with Crippen molar-refractivity contribution in [3.05, 3.63) is 58.1 Å². The van der Waals surface area contributed by atoms with Crippen LogP contribution < -0.4 is 10.6 Å². The summed E-state index contributed by atoms with van der Waals surface area (Å²) in [6.45, 7) is 0. The van der Waals surface area contributed by atoms with Crippen LogP contribution in [0.15, 0.2) is 42.5 Å². The molecule has 122 valence electrons. The van der Waals surface area contributed by atoms with E-state index in [1.807, 2.05) is 0 Å². The van der Waals surface area contributed by atoms with Gasteiger partial charge < -0.3 is 20.4 Å². The Morgan fingerprint density at radius 2 is 1.61 bits per heavy atom. The van der Waals surface area contributed by atoms with Crippen molar-refractivity contribution in [2.45, 2.75) is 6.16 Å². The van der Waals surface area contributed by atoms with Crippen LogP contribution in [0.25, 0.3) is 0 Å². The Hall–Kier alpha value is -1.56. The van der Waals surface area contributed by atoms with Crippen molar-refractivity contribution in [1.29, 1.82) is 0 Å². The molecule has 2 rings (SSSR count). The van der Waals surface area contributed by atoms with Gasteiger partial charge in [0, 0.05) is 21.4 Å². The minimum atomic E-state index is -4.29. The van der Waals surface area contributed by atoms with Gasteiger partial charge in [0.15, 0.2) is 0 Å². The first-order chi connectivity index (χ1) is 10.7. The van der Waals surface area contributed by atoms with Crippen LogP contribution in [-0.2, 0) is 10.7 Å². The van der Waals surface area contributed by atoms with Crippen LogP contribution in [0.3, 0.4) is 0 Å². The number of amides is 2. The standard InChI is InChI=1S/C14H13Cl2N2O4P/c15-10-1-4-12(5-2-10)17-14(19)18-13-6-3-11(16)7-9(13)8-23(20,21)22/h1-7H,8H2,(H2,17,18,19)(H2,20,21,22). The van der Waals surface area contributed by atoms with E-state index in [0.29, 0.717) is 15.7 Å². The maximum Gasteiger partial charge on any atom is 0.329 e. The molecular formula is C14H13Cl2N2O4P. The number of benzene rings is 2. The Morgan fingerprint density at radius 1 is 1.00 bits per heavy atom. The third-order valence-corrected chi connectivity index (χ3v) is 4.03. The largest absolute Gasteiger partial charge is 0.329 e. The summed E-state index contributed by atoms with van der Waals surface area (Å²) in [6, 6.07) is 10.3. The van der Waals surface area contributed by atoms with Crippen LogP contribution in [0, 0.1) is 0 Å². The summed E-state index contributed by atoms with van der Waals surface area (Å²) in [4.78, 5) is 30.2. The highest BCUT2D eigenvalue weighted by Gasteiger charge is 2.18. The van der Waals surface area contributed by atoms with Crippen molar-refractivity contribution in [3.8, 4) is 0 Å². The van der Waals surface area contributed by atoms with Crippen LogP contribution in [0.5, 0.6) is 0 Å². The zero-order valence-corrected chi connectivity index (χ0v) is 14.1. The van der Waals surface area contributed by atoms with Crippen molar-refractivity contribution in [1.82, 2.24) is 0 Å². The van der Waals surface area contributed by atoms with E-state index in [9.17, 15) is 9.36 Å². The first kappa shape index (κ1) is 17.8. The molecule has 0 saturated carbocycles. The van der Waals surface area contributed by atoms with Gasteiger partial charge in [-0.25, -0.2) is 4.79 Å². The number of carbonyl (C=O) groups excluding carboxylic acids is 1. The summed E-state index contributed by atoms with van der Waals surface area (Å²) in [5, 5.41) is 5.98. The minimum Gasteiger partial charge on any atom is -0.324 e. The van der Waals surface area contributed by atoms with Crippen LogP contribution in [0.4, 0.5) is 16.2 Å². The van der Waals surface area contributed by atoms with Crippen LogP contribution >= 0.6 is 30.8 Å². The van der Waals surface area contributed by atoms with E-state index >= 15 is 0 Å². The number of carbonyl (C=O) groups is 1. The molecule has 0 saturated heterocycles. The van der Waals surface area contributed by atoms with Gasteiger partial charge in [-0.1, -0.05) is 23.2 Å². The van der Waals surface area contributed by atoms with E-state index in [2.05, 4.69) is 10.6 Å². The predicted molar refractivity (Wildman–Crippen MR) is 91.3 cm³/mol. The van der Waals surface area contributed by atoms with Gasteiger partial charge in [0.2, 0.25) is 0 Å². The van der Waals surface area contributed by atoms with Gasteiger partial charge in [-0.15, -0.1) is 0 Å². The zero-order chi connectivity index (χ0) is 17.0. The van der Waals surface area contributed by atoms with E-state index in [4.69, 9.17) is 33.0 Å². The average Bonchev–Trinajstić information content (AvgIpc) is 2.43. The highest BCUT2D eigenvalue weighted by atomic mass is 35.5. The summed E-state index contributed by atoms with van der Waals surface area (Å²) in [5.74, 6) is 0. The van der Waals surface area contributed by atoms with Gasteiger partial charge in [-0.05, 0) is 48.0 Å². The van der Waals surface area contributed by atoms with Gasteiger partial charge in [0.1, 0.15) is 0 Å². The maximum atomic E-state index is 12.0. The van der Waals surface area contributed by atoms with Gasteiger partial charge in [-0.2, -0.15) is 0 Å². The van der Waals surface area contributed by atoms with E-state index < -0.39 is 19.8 Å². The van der Waals surface area contributed by atoms with Crippen molar-refractivity contribution >= 4 is 48.2 Å². The van der Waals surface area contributed by atoms with E-state index in [1.54, 1.807) is 24.3 Å². The lowest BCUT2D eigenvalue weighted by molar-refractivity contribution is 0.262. The number of nitrogens with one attached hydrogen (secondary N) is 2. The maximum absolute atomic E-state index is 12.0. The average molecular weight is 375 g/mol. The van der Waals surface area contributed by atoms with Gasteiger partial charge >= 0.3 is 13.6 Å². The molecule has 4 N–H and O–H groups in total. The fraction of sp³-hybridized carbons (Fsp3) is 0.0714. The molecule has 0 spiro atoms. The molecule has 0 aliphatic carbocycles. The van der Waals surface area contributed by atoms with E-state index in [1.165, 1.54) is 18.2 Å². The molecular weight excluding hydrogens is 362 g/mol. The number of hydrogen-bond acceptors (Lipinski definition) is 2. The fourth-order valence-electron chi connectivity index (χ4n) is 1.85. The Morgan fingerprint density at radius 3 is 2.22 bits per heavy atom. The molecule has 2 amide bonds. The van der Waals surface area contributed by atoms with Crippen molar-refractivity contribution < 1.29 is 19.1 Å². The lowest BCUT2D eigenvalue weighted by Crippen LogP contribution is -2.20. The molecule has 0 fully saturated rings. The summed E-state index contributed by atoms with van der Waals surface area (Å²) >= 11 is 11.6. The second-order valence-electron chi connectivity index (χ2n) is 4.71. The molecule has 0 atom stereocenters. The second-order valence-corrected chi connectivity index (χ2v) is 7.23. The minimum absolute atomic E-state index is 0.247. The highest BCUT2D eigenvalue weighted by Crippen LogP contribution is 2.41. The normalized spacial score (nSPS) is 11.1. The third kappa shape index (κ3) is 5.86. The lowest BCUT2D eigenvalue weighted by Gasteiger charge is -2.13. The zero-order valence-electron chi connectivity index (χ0n) is 11.7. The molecule has 2 aromatic carbocycles. The Balaban J connectivity index is 2.14. The smallest absolute Gasteiger partial charge is 0.324 e. The SMILES string of the molecule is O=C(Nc1ccc(Cl)cc1)Nc1ccc(Cl)cc1CP(=O)(O)O. The van der Waals surface area contributed by atoms with E-state index in [-0.39, 0.29) is 11.3 Å². The van der Waals surface area contributed by atoms with Gasteiger partial charge in [-0.3, -0.25) is 4.57 Å². The van der Waals surface area contributed by atoms with Crippen LogP contribution in [-0.4, -0.2) is 15.8 Å². The second kappa shape index (κ2) is 7.34. The Bertz CT molecular complexity index is 762. The molecule has 23 heavy (non-hydrogen) atoms. The molecule has 0 aliphatic rings. The first-order valence-electron chi connectivity index (χ1n) is 6.39. The predicted octanol–water partition coefficient (Wildman–Crippen LogP) is 4.32. The molecule has 0 radical (unpaired) electrons. The molecule has 0 bridgehead atoms. The number of halogens is 2. The first-order valence-corrected chi connectivity index (χ1v) is 8.95. The Labute approximate surface area is 142 Å². The van der Waals surface area contributed by atoms with Crippen LogP contribution in [0.1, 0.15) is 5.56 Å². The van der Waals surface area contributed by atoms with Crippen molar-refractivity contribution in [2.75, 3.05) is 10.6 Å². The molecule has 2 aromatic rings. The summed E-state index contributed by atoms with van der Waals surface area (Å²) in [5.41, 5.74) is 1.04. The number of hydrogen-bond donors (Lipinski definition) is 4. The van der Waals surface area contributed by atoms with Crippen molar-refractivity contribution in [3.63, 3.8) is 0 Å². The summed E-state index contributed by atoms with van der Waals surface area (Å²) in [7, 11) is -4.29. The molecule has 0 unspecified atom stereocenters.